The van der Waals surface area contributed by atoms with E-state index in [1.165, 1.54) is 0 Å². The third-order valence-electron chi connectivity index (χ3n) is 17.4. The van der Waals surface area contributed by atoms with Crippen LogP contribution in [0.25, 0.3) is 57.7 Å². The van der Waals surface area contributed by atoms with Crippen molar-refractivity contribution in [3.63, 3.8) is 0 Å². The van der Waals surface area contributed by atoms with Gasteiger partial charge in [0.25, 0.3) is 0 Å². The lowest BCUT2D eigenvalue weighted by atomic mass is 10.0. The predicted octanol–water partition coefficient (Wildman–Crippen LogP) is 12.9. The molecule has 610 valence electrons. The zero-order chi connectivity index (χ0) is 77.8. The van der Waals surface area contributed by atoms with Crippen LogP contribution < -0.4 is 9.47 Å². The summed E-state index contributed by atoms with van der Waals surface area (Å²) in [4.78, 5) is 0. The first-order chi connectivity index (χ1) is 54.3. The van der Waals surface area contributed by atoms with Gasteiger partial charge in [-0.3, -0.25) is 0 Å². The number of hydrogen-bond donors (Lipinski definition) is 0. The van der Waals surface area contributed by atoms with E-state index in [-0.39, 0.29) is 35.5 Å². The summed E-state index contributed by atoms with van der Waals surface area (Å²) >= 11 is 0. The van der Waals surface area contributed by atoms with E-state index in [9.17, 15) is 0 Å². The van der Waals surface area contributed by atoms with Crippen molar-refractivity contribution in [3.05, 3.63) is 168 Å². The minimum atomic E-state index is -0.0750. The normalized spacial score (nSPS) is 12.0. The molecule has 110 heavy (non-hydrogen) atoms. The van der Waals surface area contributed by atoms with Crippen molar-refractivity contribution in [2.24, 2.45) is 35.5 Å². The van der Waals surface area contributed by atoms with Crippen molar-refractivity contribution in [2.75, 3.05) is 282 Å². The fourth-order valence-electron chi connectivity index (χ4n) is 11.1. The molecule has 0 aliphatic heterocycles. The Morgan fingerprint density at radius 2 is 0.318 bits per heavy atom. The maximum absolute atomic E-state index is 6.42. The quantitative estimate of drug-likeness (QED) is 0.0257. The van der Waals surface area contributed by atoms with Crippen LogP contribution in [-0.2, 0) is 94.7 Å². The maximum atomic E-state index is 6.42. The highest BCUT2D eigenvalue weighted by Crippen LogP contribution is 2.28. The number of methoxy groups -OCH3 is 8. The Hall–Kier alpha value is -6.40. The van der Waals surface area contributed by atoms with E-state index >= 15 is 0 Å². The van der Waals surface area contributed by atoms with Gasteiger partial charge in [-0.2, -0.15) is 0 Å². The average molecular weight is 1540 g/mol. The molecule has 0 saturated carbocycles. The van der Waals surface area contributed by atoms with Crippen LogP contribution in [0.1, 0.15) is 22.3 Å². The van der Waals surface area contributed by atoms with Gasteiger partial charge in [0.15, 0.2) is 0 Å². The first kappa shape index (κ1) is 92.5. The van der Waals surface area contributed by atoms with E-state index in [1.807, 2.05) is 24.3 Å². The van der Waals surface area contributed by atoms with Gasteiger partial charge in [-0.25, -0.2) is 0 Å². The molecule has 0 N–H and O–H groups in total. The summed E-state index contributed by atoms with van der Waals surface area (Å²) in [6.07, 6.45) is 8.58. The van der Waals surface area contributed by atoms with E-state index in [0.29, 0.717) is 225 Å². The molecule has 0 radical (unpaired) electrons. The van der Waals surface area contributed by atoms with Gasteiger partial charge in [-0.05, 0) is 79.9 Å². The molecule has 0 atom stereocenters. The Morgan fingerprint density at radius 1 is 0.173 bits per heavy atom. The monoisotopic (exact) mass is 1530 g/mol. The van der Waals surface area contributed by atoms with Crippen molar-refractivity contribution in [3.8, 4) is 44.9 Å². The topological polar surface area (TPSA) is 203 Å². The third kappa shape index (κ3) is 41.4. The molecule has 0 aromatic heterocycles. The van der Waals surface area contributed by atoms with Gasteiger partial charge in [-0.15, -0.1) is 0 Å². The smallest absolute Gasteiger partial charge is 0.119 e. The molecular weight excluding hydrogens is 1410 g/mol. The second-order valence-electron chi connectivity index (χ2n) is 26.7. The summed E-state index contributed by atoms with van der Waals surface area (Å²) in [5.74, 6) is 1.45. The molecule has 6 aromatic rings. The lowest BCUT2D eigenvalue weighted by Crippen LogP contribution is -2.29. The summed E-state index contributed by atoms with van der Waals surface area (Å²) in [6, 6.07) is 50.9. The van der Waals surface area contributed by atoms with Crippen LogP contribution in [0.4, 0.5) is 0 Å². The summed E-state index contributed by atoms with van der Waals surface area (Å²) < 4.78 is 127. The first-order valence-corrected chi connectivity index (χ1v) is 38.3. The molecular formula is C88H126O22. The zero-order valence-electron chi connectivity index (χ0n) is 66.7. The van der Waals surface area contributed by atoms with Crippen molar-refractivity contribution in [1.82, 2.24) is 0 Å². The molecule has 22 heteroatoms. The summed E-state index contributed by atoms with van der Waals surface area (Å²) in [5.41, 5.74) is 11.2. The zero-order valence-corrected chi connectivity index (χ0v) is 66.7. The Kier molecular flexibility index (Phi) is 51.4. The van der Waals surface area contributed by atoms with E-state index in [2.05, 4.69) is 146 Å². The molecule has 0 heterocycles. The van der Waals surface area contributed by atoms with E-state index in [0.717, 1.165) is 67.1 Å². The number of hydrogen-bond acceptors (Lipinski definition) is 22. The Labute approximate surface area is 655 Å². The van der Waals surface area contributed by atoms with Crippen LogP contribution in [0.15, 0.2) is 146 Å². The van der Waals surface area contributed by atoms with E-state index in [1.54, 1.807) is 56.9 Å². The van der Waals surface area contributed by atoms with Crippen molar-refractivity contribution >= 4 is 24.3 Å². The summed E-state index contributed by atoms with van der Waals surface area (Å²) in [6.45, 7) is 16.1. The van der Waals surface area contributed by atoms with E-state index < -0.39 is 0 Å². The third-order valence-corrected chi connectivity index (χ3v) is 17.4. The standard InChI is InChI=1S/C88H126O22/c1-89-37-45-97-53-75(54-98-46-38-90-2)61-105-65-79(66-106-62-76(55-99-47-39-91-3)56-100-48-40-92-4)69-109-87-33-29-85(30-34-87)83-25-17-73(18-26-83)11-9-71-13-21-81(22-14-71)82-23-15-72(16-24-82)10-12-74-19-27-84(28-20-74)86-31-35-88(36-32-86)110-70-80(67-107-63-77(57-101-49-41-93-5)58-102-50-42-94-6)68-108-64-78(59-103-51-43-95-7)60-104-52-44-96-8/h9-36,75-80H,37-70H2,1-8H3/b11-9+,12-10+. The lowest BCUT2D eigenvalue weighted by Gasteiger charge is -2.23. The minimum absolute atomic E-state index is 0.0220. The van der Waals surface area contributed by atoms with Crippen molar-refractivity contribution in [2.45, 2.75) is 0 Å². The maximum Gasteiger partial charge on any atom is 0.119 e. The van der Waals surface area contributed by atoms with Gasteiger partial charge in [0, 0.05) is 92.4 Å². The second kappa shape index (κ2) is 61.2. The highest BCUT2D eigenvalue weighted by atomic mass is 16.6. The van der Waals surface area contributed by atoms with Crippen LogP contribution in [0, 0.1) is 35.5 Å². The van der Waals surface area contributed by atoms with Crippen LogP contribution >= 0.6 is 0 Å². The summed E-state index contributed by atoms with van der Waals surface area (Å²) in [7, 11) is 13.3. The van der Waals surface area contributed by atoms with Crippen LogP contribution in [0.5, 0.6) is 11.5 Å². The Bertz CT molecular complexity index is 2860. The average Bonchev–Trinajstić information content (AvgIpc) is 0.856. The van der Waals surface area contributed by atoms with Crippen molar-refractivity contribution < 1.29 is 104 Å². The van der Waals surface area contributed by atoms with Gasteiger partial charge < -0.3 is 104 Å². The van der Waals surface area contributed by atoms with Crippen LogP contribution in [0.3, 0.4) is 0 Å². The van der Waals surface area contributed by atoms with Crippen LogP contribution in [0.2, 0.25) is 0 Å². The minimum Gasteiger partial charge on any atom is -0.493 e. The van der Waals surface area contributed by atoms with Gasteiger partial charge in [0.05, 0.1) is 225 Å². The number of rotatable bonds is 69. The largest absolute Gasteiger partial charge is 0.493 e. The Morgan fingerprint density at radius 3 is 0.482 bits per heavy atom. The second-order valence-corrected chi connectivity index (χ2v) is 26.7. The molecule has 0 saturated heterocycles. The van der Waals surface area contributed by atoms with Crippen LogP contribution in [-0.4, -0.2) is 282 Å². The number of benzene rings is 6. The lowest BCUT2D eigenvalue weighted by molar-refractivity contribution is -0.0502. The van der Waals surface area contributed by atoms with E-state index in [4.69, 9.17) is 104 Å². The molecule has 0 spiro atoms. The predicted molar refractivity (Wildman–Crippen MR) is 430 cm³/mol. The molecule has 0 bridgehead atoms. The molecule has 0 aliphatic carbocycles. The Balaban J connectivity index is 0.978. The molecule has 0 aliphatic rings. The molecule has 0 fully saturated rings. The fourth-order valence-corrected chi connectivity index (χ4v) is 11.1. The van der Waals surface area contributed by atoms with Gasteiger partial charge in [-0.1, -0.05) is 146 Å². The highest BCUT2D eigenvalue weighted by Gasteiger charge is 2.21. The molecule has 22 nitrogen and oxygen atoms in total. The fraction of sp³-hybridized carbons (Fsp3) is 0.545. The SMILES string of the molecule is COCCOCC(COCCOC)COCC(COCC(COCCOC)COCCOC)COc1ccc(-c2ccc(/C=C/c3ccc(-c4ccc(/C=C/c5ccc(-c6ccc(OCC(COCC(COCCOC)COCCOC)COCC(COCCOC)COCCOC)cc6)cc5)cc4)cc3)cc2)cc1. The van der Waals surface area contributed by atoms with Crippen molar-refractivity contribution in [1.29, 1.82) is 0 Å². The highest BCUT2D eigenvalue weighted by molar-refractivity contribution is 5.76. The first-order valence-electron chi connectivity index (χ1n) is 38.3. The van der Waals surface area contributed by atoms with Gasteiger partial charge >= 0.3 is 0 Å². The van der Waals surface area contributed by atoms with Gasteiger partial charge in [0.2, 0.25) is 0 Å². The molecule has 6 rings (SSSR count). The molecule has 0 amide bonds. The van der Waals surface area contributed by atoms with Gasteiger partial charge in [0.1, 0.15) is 11.5 Å². The number of ether oxygens (including phenoxy) is 22. The molecule has 6 aromatic carbocycles. The summed E-state index contributed by atoms with van der Waals surface area (Å²) in [5, 5.41) is 0. The molecule has 0 unspecified atom stereocenters.